The van der Waals surface area contributed by atoms with Gasteiger partial charge < -0.3 is 21.1 Å². The molecule has 2 aliphatic rings. The fourth-order valence-corrected chi connectivity index (χ4v) is 4.64. The van der Waals surface area contributed by atoms with Crippen LogP contribution in [-0.4, -0.2) is 46.7 Å². The Morgan fingerprint density at radius 3 is 2.79 bits per heavy atom. The largest absolute Gasteiger partial charge is 0.497 e. The fourth-order valence-electron chi connectivity index (χ4n) is 4.64. The van der Waals surface area contributed by atoms with E-state index in [2.05, 4.69) is 11.7 Å². The number of hydrogen-bond acceptors (Lipinski definition) is 5. The van der Waals surface area contributed by atoms with Crippen LogP contribution in [-0.2, 0) is 4.79 Å². The summed E-state index contributed by atoms with van der Waals surface area (Å²) >= 11 is 0. The molecule has 0 bridgehead atoms. The van der Waals surface area contributed by atoms with Crippen LogP contribution in [0.25, 0.3) is 11.3 Å². The highest BCUT2D eigenvalue weighted by Crippen LogP contribution is 2.54. The molecule has 4 rings (SSSR count). The van der Waals surface area contributed by atoms with Crippen molar-refractivity contribution < 1.29 is 14.3 Å². The number of hydrogen-bond donors (Lipinski definition) is 2. The Bertz CT molecular complexity index is 990. The SMILES string of the molecule is C=CC(=O)N1CCC2(CC(n3nc(-c4cccc(OC)c4)c(C(N)=O)c3N)C2)C1. The molecule has 2 fully saturated rings. The van der Waals surface area contributed by atoms with E-state index in [1.165, 1.54) is 6.08 Å². The topological polar surface area (TPSA) is 116 Å². The first kappa shape index (κ1) is 19.0. The van der Waals surface area contributed by atoms with Crippen LogP contribution >= 0.6 is 0 Å². The number of nitrogens with zero attached hydrogens (tertiary/aromatic N) is 3. The van der Waals surface area contributed by atoms with Gasteiger partial charge in [0.2, 0.25) is 5.91 Å². The van der Waals surface area contributed by atoms with Crippen LogP contribution in [0.3, 0.4) is 0 Å². The number of likely N-dealkylation sites (tertiary alicyclic amines) is 1. The van der Waals surface area contributed by atoms with E-state index >= 15 is 0 Å². The molecule has 1 aliphatic heterocycles. The molecule has 1 saturated heterocycles. The third-order valence-electron chi connectivity index (χ3n) is 6.14. The summed E-state index contributed by atoms with van der Waals surface area (Å²) in [4.78, 5) is 25.8. The zero-order valence-corrected chi connectivity index (χ0v) is 16.4. The van der Waals surface area contributed by atoms with Crippen molar-refractivity contribution in [2.45, 2.75) is 25.3 Å². The highest BCUT2D eigenvalue weighted by atomic mass is 16.5. The summed E-state index contributed by atoms with van der Waals surface area (Å²) in [6.45, 7) is 5.03. The number of benzene rings is 1. The molecule has 1 aromatic carbocycles. The summed E-state index contributed by atoms with van der Waals surface area (Å²) in [6, 6.07) is 7.37. The van der Waals surface area contributed by atoms with E-state index in [4.69, 9.17) is 16.2 Å². The fraction of sp³-hybridized carbons (Fsp3) is 0.381. The first-order valence-corrected chi connectivity index (χ1v) is 9.61. The van der Waals surface area contributed by atoms with E-state index < -0.39 is 5.91 Å². The van der Waals surface area contributed by atoms with Gasteiger partial charge in [-0.15, -0.1) is 0 Å². The number of nitrogen functional groups attached to an aromatic ring is 1. The number of carbonyl (C=O) groups is 2. The second-order valence-corrected chi connectivity index (χ2v) is 7.93. The Balaban J connectivity index is 1.61. The van der Waals surface area contributed by atoms with Crippen molar-refractivity contribution in [1.82, 2.24) is 14.7 Å². The number of rotatable bonds is 5. The second-order valence-electron chi connectivity index (χ2n) is 7.93. The summed E-state index contributed by atoms with van der Waals surface area (Å²) in [5, 5.41) is 4.66. The predicted octanol–water partition coefficient (Wildman–Crippen LogP) is 1.98. The molecule has 0 unspecified atom stereocenters. The maximum Gasteiger partial charge on any atom is 0.254 e. The van der Waals surface area contributed by atoms with Crippen molar-refractivity contribution in [3.63, 3.8) is 0 Å². The summed E-state index contributed by atoms with van der Waals surface area (Å²) < 4.78 is 6.99. The molecular weight excluding hydrogens is 370 g/mol. The minimum Gasteiger partial charge on any atom is -0.497 e. The van der Waals surface area contributed by atoms with Gasteiger partial charge in [-0.25, -0.2) is 4.68 Å². The summed E-state index contributed by atoms with van der Waals surface area (Å²) in [5.74, 6) is 0.309. The molecule has 2 heterocycles. The van der Waals surface area contributed by atoms with Gasteiger partial charge >= 0.3 is 0 Å². The van der Waals surface area contributed by atoms with E-state index in [0.29, 0.717) is 11.4 Å². The molecule has 1 saturated carbocycles. The van der Waals surface area contributed by atoms with Crippen LogP contribution in [0.15, 0.2) is 36.9 Å². The Morgan fingerprint density at radius 2 is 2.14 bits per heavy atom. The molecule has 1 aliphatic carbocycles. The Morgan fingerprint density at radius 1 is 1.38 bits per heavy atom. The molecule has 29 heavy (non-hydrogen) atoms. The van der Waals surface area contributed by atoms with Gasteiger partial charge in [-0.05, 0) is 42.9 Å². The van der Waals surface area contributed by atoms with Crippen molar-refractivity contribution in [1.29, 1.82) is 0 Å². The van der Waals surface area contributed by atoms with Gasteiger partial charge in [0, 0.05) is 18.7 Å². The Hall–Kier alpha value is -3.29. The average Bonchev–Trinajstić information content (AvgIpc) is 3.28. The molecule has 2 aromatic rings. The van der Waals surface area contributed by atoms with Gasteiger partial charge in [0.15, 0.2) is 0 Å². The lowest BCUT2D eigenvalue weighted by Gasteiger charge is -2.45. The molecule has 8 nitrogen and oxygen atoms in total. The van der Waals surface area contributed by atoms with Crippen LogP contribution in [0, 0.1) is 5.41 Å². The number of anilines is 1. The third kappa shape index (κ3) is 3.14. The lowest BCUT2D eigenvalue weighted by Crippen LogP contribution is -2.42. The number of carbonyl (C=O) groups excluding carboxylic acids is 2. The summed E-state index contributed by atoms with van der Waals surface area (Å²) in [6.07, 6.45) is 4.03. The number of nitrogens with two attached hydrogens (primary N) is 2. The lowest BCUT2D eigenvalue weighted by molar-refractivity contribution is -0.125. The van der Waals surface area contributed by atoms with Gasteiger partial charge in [-0.1, -0.05) is 18.7 Å². The van der Waals surface area contributed by atoms with E-state index in [1.807, 2.05) is 23.1 Å². The van der Waals surface area contributed by atoms with E-state index in [1.54, 1.807) is 17.9 Å². The Labute approximate surface area is 169 Å². The maximum atomic E-state index is 12.1. The maximum absolute atomic E-state index is 12.1. The molecule has 2 amide bonds. The van der Waals surface area contributed by atoms with Crippen LogP contribution in [0.5, 0.6) is 5.75 Å². The number of methoxy groups -OCH3 is 1. The average molecular weight is 395 g/mol. The van der Waals surface area contributed by atoms with Crippen LogP contribution in [0.2, 0.25) is 0 Å². The van der Waals surface area contributed by atoms with Gasteiger partial charge in [0.25, 0.3) is 5.91 Å². The van der Waals surface area contributed by atoms with Gasteiger partial charge in [0.05, 0.1) is 13.2 Å². The van der Waals surface area contributed by atoms with Crippen molar-refractivity contribution in [2.75, 3.05) is 25.9 Å². The van der Waals surface area contributed by atoms with Gasteiger partial charge in [0.1, 0.15) is 22.8 Å². The number of ether oxygens (including phenoxy) is 1. The number of amides is 2. The van der Waals surface area contributed by atoms with Crippen LogP contribution in [0.1, 0.15) is 35.7 Å². The zero-order chi connectivity index (χ0) is 20.8. The van der Waals surface area contributed by atoms with E-state index in [-0.39, 0.29) is 28.7 Å². The van der Waals surface area contributed by atoms with Crippen molar-refractivity contribution in [3.8, 4) is 17.0 Å². The number of aromatic nitrogens is 2. The molecular formula is C21H25N5O3. The molecule has 8 heteroatoms. The smallest absolute Gasteiger partial charge is 0.254 e. The van der Waals surface area contributed by atoms with E-state index in [9.17, 15) is 9.59 Å². The quantitative estimate of drug-likeness (QED) is 0.751. The molecule has 152 valence electrons. The standard InChI is InChI=1S/C21H25N5O3/c1-3-16(27)25-8-7-21(12-25)10-14(11-21)26-19(22)17(20(23)28)18(24-26)13-5-4-6-15(9-13)29-2/h3-6,9,14H,1,7-8,10-12,22H2,2H3,(H2,23,28). The molecule has 1 spiro atoms. The molecule has 1 aromatic heterocycles. The lowest BCUT2D eigenvalue weighted by atomic mass is 9.65. The molecule has 0 atom stereocenters. The van der Waals surface area contributed by atoms with E-state index in [0.717, 1.165) is 37.9 Å². The normalized spacial score (nSPS) is 23.1. The van der Waals surface area contributed by atoms with Crippen LogP contribution < -0.4 is 16.2 Å². The minimum absolute atomic E-state index is 0.0275. The van der Waals surface area contributed by atoms with Crippen molar-refractivity contribution >= 4 is 17.6 Å². The van der Waals surface area contributed by atoms with Gasteiger partial charge in [-0.2, -0.15) is 5.10 Å². The first-order valence-electron chi connectivity index (χ1n) is 9.61. The van der Waals surface area contributed by atoms with Gasteiger partial charge in [-0.3, -0.25) is 9.59 Å². The van der Waals surface area contributed by atoms with Crippen molar-refractivity contribution in [2.24, 2.45) is 11.1 Å². The minimum atomic E-state index is -0.607. The van der Waals surface area contributed by atoms with Crippen LogP contribution in [0.4, 0.5) is 5.82 Å². The third-order valence-corrected chi connectivity index (χ3v) is 6.14. The second kappa shape index (κ2) is 6.95. The Kier molecular flexibility index (Phi) is 4.56. The summed E-state index contributed by atoms with van der Waals surface area (Å²) in [7, 11) is 1.58. The highest BCUT2D eigenvalue weighted by molar-refractivity contribution is 6.03. The monoisotopic (exact) mass is 395 g/mol. The highest BCUT2D eigenvalue weighted by Gasteiger charge is 2.50. The molecule has 4 N–H and O–H groups in total. The number of primary amides is 1. The first-order chi connectivity index (χ1) is 13.9. The molecule has 0 radical (unpaired) electrons. The predicted molar refractivity (Wildman–Crippen MR) is 109 cm³/mol. The van der Waals surface area contributed by atoms with Crippen molar-refractivity contribution in [3.05, 3.63) is 42.5 Å². The summed E-state index contributed by atoms with van der Waals surface area (Å²) in [5.41, 5.74) is 13.4. The zero-order valence-electron chi connectivity index (χ0n) is 16.4.